The number of hydrogen-bond donors (Lipinski definition) is 0. The molecule has 0 aliphatic carbocycles. The molecule has 0 heterocycles. The van der Waals surface area contributed by atoms with E-state index in [1.807, 2.05) is 21.1 Å². The Kier molecular flexibility index (Phi) is 36.1. The van der Waals surface area contributed by atoms with Crippen molar-refractivity contribution in [2.24, 2.45) is 0 Å². The van der Waals surface area contributed by atoms with E-state index in [2.05, 4.69) is 38.2 Å². The molecule has 54 heavy (non-hydrogen) atoms. The SMILES string of the molecule is CCCCCC/C=C\CCCCCCCC(=O)O[C@H](COC(=O)CCCCCCCCC/C=C\CCCCCCCC)COP(=O)([O-])OCC[N+](C)(C)C. The van der Waals surface area contributed by atoms with Crippen LogP contribution < -0.4 is 4.89 Å². The van der Waals surface area contributed by atoms with Gasteiger partial charge in [0.25, 0.3) is 7.82 Å². The van der Waals surface area contributed by atoms with Crippen molar-refractivity contribution in [2.45, 2.75) is 200 Å². The van der Waals surface area contributed by atoms with Crippen molar-refractivity contribution < 1.29 is 42.1 Å². The summed E-state index contributed by atoms with van der Waals surface area (Å²) in [4.78, 5) is 37.5. The number of unbranched alkanes of at least 4 members (excludes halogenated alkanes) is 22. The zero-order valence-corrected chi connectivity index (χ0v) is 36.6. The van der Waals surface area contributed by atoms with Gasteiger partial charge in [0.15, 0.2) is 6.10 Å². The summed E-state index contributed by atoms with van der Waals surface area (Å²) in [5, 5.41) is 0. The van der Waals surface area contributed by atoms with Crippen molar-refractivity contribution in [3.05, 3.63) is 24.3 Å². The Labute approximate surface area is 332 Å². The fourth-order valence-electron chi connectivity index (χ4n) is 5.94. The number of allylic oxidation sites excluding steroid dienone is 4. The first kappa shape index (κ1) is 52.5. The lowest BCUT2D eigenvalue weighted by molar-refractivity contribution is -0.870. The van der Waals surface area contributed by atoms with Gasteiger partial charge in [0.1, 0.15) is 19.8 Å². The van der Waals surface area contributed by atoms with Gasteiger partial charge in [0.05, 0.1) is 27.7 Å². The highest BCUT2D eigenvalue weighted by molar-refractivity contribution is 7.45. The molecule has 10 heteroatoms. The van der Waals surface area contributed by atoms with Crippen molar-refractivity contribution in [2.75, 3.05) is 47.5 Å². The van der Waals surface area contributed by atoms with Gasteiger partial charge in [-0.25, -0.2) is 0 Å². The molecule has 0 saturated carbocycles. The summed E-state index contributed by atoms with van der Waals surface area (Å²) in [6.45, 7) is 4.20. The molecule has 0 radical (unpaired) electrons. The standard InChI is InChI=1S/C44H84NO8P/c1-6-8-10-12-14-16-18-20-21-22-23-25-26-28-30-32-34-36-43(46)50-40-42(41-52-54(48,49)51-39-38-45(3,4)5)53-44(47)37-35-33-31-29-27-24-19-17-15-13-11-9-7-2/h17,19-21,42H,6-16,18,22-41H2,1-5H3/b19-17-,21-20-/t42-/m1/s1. The number of hydrogen-bond acceptors (Lipinski definition) is 8. The minimum atomic E-state index is -4.62. The van der Waals surface area contributed by atoms with Crippen LogP contribution >= 0.6 is 7.82 Å². The molecule has 0 aromatic rings. The third-order valence-electron chi connectivity index (χ3n) is 9.44. The van der Waals surface area contributed by atoms with Crippen LogP contribution in [-0.4, -0.2) is 70.0 Å². The second-order valence-electron chi connectivity index (χ2n) is 16.1. The summed E-state index contributed by atoms with van der Waals surface area (Å²) < 4.78 is 33.9. The lowest BCUT2D eigenvalue weighted by atomic mass is 10.1. The molecule has 0 aromatic carbocycles. The van der Waals surface area contributed by atoms with Gasteiger partial charge in [-0.2, -0.15) is 0 Å². The molecule has 0 N–H and O–H groups in total. The number of phosphoric ester groups is 1. The number of esters is 2. The molecule has 9 nitrogen and oxygen atoms in total. The topological polar surface area (TPSA) is 111 Å². The van der Waals surface area contributed by atoms with Crippen molar-refractivity contribution in [1.29, 1.82) is 0 Å². The summed E-state index contributed by atoms with van der Waals surface area (Å²) in [6, 6.07) is 0. The van der Waals surface area contributed by atoms with E-state index < -0.39 is 26.5 Å². The van der Waals surface area contributed by atoms with Gasteiger partial charge in [0, 0.05) is 12.8 Å². The number of likely N-dealkylation sites (N-methyl/N-ethyl adjacent to an activating group) is 1. The van der Waals surface area contributed by atoms with Gasteiger partial charge in [-0.15, -0.1) is 0 Å². The minimum absolute atomic E-state index is 0.0320. The van der Waals surface area contributed by atoms with Crippen molar-refractivity contribution in [1.82, 2.24) is 0 Å². The number of carbonyl (C=O) groups is 2. The molecule has 1 unspecified atom stereocenters. The second kappa shape index (κ2) is 37.1. The highest BCUT2D eigenvalue weighted by atomic mass is 31.2. The third-order valence-corrected chi connectivity index (χ3v) is 10.4. The summed E-state index contributed by atoms with van der Waals surface area (Å²) in [7, 11) is 1.16. The Morgan fingerprint density at radius 1 is 0.556 bits per heavy atom. The van der Waals surface area contributed by atoms with E-state index in [1.54, 1.807) is 0 Å². The largest absolute Gasteiger partial charge is 0.756 e. The number of quaternary nitrogens is 1. The van der Waals surface area contributed by atoms with E-state index in [9.17, 15) is 19.0 Å². The Hall–Kier alpha value is -1.51. The summed E-state index contributed by atoms with van der Waals surface area (Å²) in [6.07, 6.45) is 39.1. The normalized spacial score (nSPS) is 13.8. The van der Waals surface area contributed by atoms with Gasteiger partial charge in [0.2, 0.25) is 0 Å². The predicted octanol–water partition coefficient (Wildman–Crippen LogP) is 11.7. The zero-order valence-electron chi connectivity index (χ0n) is 35.7. The first-order chi connectivity index (χ1) is 26.0. The Morgan fingerprint density at radius 2 is 0.944 bits per heavy atom. The molecule has 0 amide bonds. The molecular weight excluding hydrogens is 701 g/mol. The van der Waals surface area contributed by atoms with E-state index in [4.69, 9.17) is 18.5 Å². The van der Waals surface area contributed by atoms with Crippen LogP contribution in [-0.2, 0) is 32.7 Å². The van der Waals surface area contributed by atoms with Crippen molar-refractivity contribution in [3.8, 4) is 0 Å². The van der Waals surface area contributed by atoms with Crippen molar-refractivity contribution in [3.63, 3.8) is 0 Å². The van der Waals surface area contributed by atoms with Gasteiger partial charge in [-0.1, -0.05) is 141 Å². The smallest absolute Gasteiger partial charge is 0.306 e. The molecule has 0 aliphatic heterocycles. The Bertz CT molecular complexity index is 980. The zero-order chi connectivity index (χ0) is 40.0. The molecule has 2 atom stereocenters. The molecular formula is C44H84NO8P. The molecule has 0 saturated heterocycles. The van der Waals surface area contributed by atoms with E-state index in [-0.39, 0.29) is 32.0 Å². The third kappa shape index (κ3) is 40.2. The number of nitrogens with zero attached hydrogens (tertiary/aromatic N) is 1. The van der Waals surface area contributed by atoms with Crippen LogP contribution in [0.25, 0.3) is 0 Å². The summed E-state index contributed by atoms with van der Waals surface area (Å²) in [5.41, 5.74) is 0. The van der Waals surface area contributed by atoms with Crippen LogP contribution in [0.2, 0.25) is 0 Å². The molecule has 0 spiro atoms. The van der Waals surface area contributed by atoms with Crippen molar-refractivity contribution >= 4 is 19.8 Å². The van der Waals surface area contributed by atoms with Gasteiger partial charge in [-0.05, 0) is 64.2 Å². The Morgan fingerprint density at radius 3 is 1.39 bits per heavy atom. The molecule has 318 valence electrons. The lowest BCUT2D eigenvalue weighted by Crippen LogP contribution is -2.37. The van der Waals surface area contributed by atoms with Gasteiger partial charge >= 0.3 is 11.9 Å². The second-order valence-corrected chi connectivity index (χ2v) is 17.5. The predicted molar refractivity (Wildman–Crippen MR) is 222 cm³/mol. The highest BCUT2D eigenvalue weighted by Crippen LogP contribution is 2.38. The van der Waals surface area contributed by atoms with Crippen LogP contribution in [0.1, 0.15) is 194 Å². The van der Waals surface area contributed by atoms with Crippen LogP contribution in [0, 0.1) is 0 Å². The summed E-state index contributed by atoms with van der Waals surface area (Å²) in [5.74, 6) is -0.846. The average Bonchev–Trinajstić information content (AvgIpc) is 3.12. The van der Waals surface area contributed by atoms with Gasteiger partial charge in [-0.3, -0.25) is 14.2 Å². The number of carbonyl (C=O) groups excluding carboxylic acids is 2. The van der Waals surface area contributed by atoms with Crippen LogP contribution in [0.15, 0.2) is 24.3 Å². The maximum atomic E-state index is 12.6. The average molecular weight is 786 g/mol. The van der Waals surface area contributed by atoms with E-state index in [0.717, 1.165) is 64.2 Å². The number of ether oxygens (including phenoxy) is 2. The minimum Gasteiger partial charge on any atom is -0.756 e. The lowest BCUT2D eigenvalue weighted by Gasteiger charge is -2.28. The molecule has 0 aliphatic rings. The van der Waals surface area contributed by atoms with Crippen LogP contribution in [0.5, 0.6) is 0 Å². The maximum Gasteiger partial charge on any atom is 0.306 e. The van der Waals surface area contributed by atoms with Crippen LogP contribution in [0.3, 0.4) is 0 Å². The van der Waals surface area contributed by atoms with E-state index in [0.29, 0.717) is 17.4 Å². The Balaban J connectivity index is 4.35. The first-order valence-corrected chi connectivity index (χ1v) is 23.5. The monoisotopic (exact) mass is 786 g/mol. The molecule has 0 bridgehead atoms. The maximum absolute atomic E-state index is 12.6. The fraction of sp³-hybridized carbons (Fsp3) is 0.864. The molecule has 0 rings (SSSR count). The molecule has 0 fully saturated rings. The highest BCUT2D eigenvalue weighted by Gasteiger charge is 2.21. The molecule has 0 aromatic heterocycles. The van der Waals surface area contributed by atoms with Crippen LogP contribution in [0.4, 0.5) is 0 Å². The number of phosphoric acid groups is 1. The number of rotatable bonds is 40. The fourth-order valence-corrected chi connectivity index (χ4v) is 6.67. The summed E-state index contributed by atoms with van der Waals surface area (Å²) >= 11 is 0. The van der Waals surface area contributed by atoms with Gasteiger partial charge < -0.3 is 27.9 Å². The quantitative estimate of drug-likeness (QED) is 0.0198. The van der Waals surface area contributed by atoms with E-state index in [1.165, 1.54) is 96.3 Å². The first-order valence-electron chi connectivity index (χ1n) is 22.0. The van der Waals surface area contributed by atoms with E-state index >= 15 is 0 Å².